The van der Waals surface area contributed by atoms with Crippen LogP contribution in [0.25, 0.3) is 10.9 Å². The van der Waals surface area contributed by atoms with Gasteiger partial charge in [-0.2, -0.15) is 0 Å². The Balaban J connectivity index is 1.05. The second-order valence-electron chi connectivity index (χ2n) is 22.9. The number of fused-ring (bicyclic) bond motifs is 6. The number of unbranched alkanes of at least 4 members (excludes halogenated alkanes) is 1. The van der Waals surface area contributed by atoms with Crippen LogP contribution in [0.1, 0.15) is 106 Å². The van der Waals surface area contributed by atoms with Gasteiger partial charge in [0.1, 0.15) is 6.61 Å². The fraction of sp³-hybridized carbons (Fsp3) is 0.579. The van der Waals surface area contributed by atoms with Crippen LogP contribution in [-0.4, -0.2) is 122 Å². The van der Waals surface area contributed by atoms with Crippen LogP contribution in [0.5, 0.6) is 0 Å². The van der Waals surface area contributed by atoms with E-state index in [-0.39, 0.29) is 24.5 Å². The molecule has 370 valence electrons. The summed E-state index contributed by atoms with van der Waals surface area (Å²) in [6.07, 6.45) is 10.1. The molecule has 1 saturated carbocycles. The van der Waals surface area contributed by atoms with Gasteiger partial charge in [-0.3, -0.25) is 14.6 Å². The van der Waals surface area contributed by atoms with Crippen molar-refractivity contribution in [2.45, 2.75) is 151 Å². The van der Waals surface area contributed by atoms with Crippen molar-refractivity contribution in [1.82, 2.24) is 14.8 Å². The van der Waals surface area contributed by atoms with Gasteiger partial charge >= 0.3 is 11.9 Å². The summed E-state index contributed by atoms with van der Waals surface area (Å²) in [6.45, 7) is 17.8. The molecule has 10 rings (SSSR count). The van der Waals surface area contributed by atoms with Crippen molar-refractivity contribution >= 4 is 36.8 Å². The van der Waals surface area contributed by atoms with Gasteiger partial charge in [-0.15, -0.1) is 0 Å². The Morgan fingerprint density at radius 3 is 2.46 bits per heavy atom. The van der Waals surface area contributed by atoms with E-state index in [0.717, 1.165) is 87.5 Å². The molecule has 1 aromatic heterocycles. The van der Waals surface area contributed by atoms with Crippen molar-refractivity contribution in [2.24, 2.45) is 11.3 Å². The van der Waals surface area contributed by atoms with Crippen molar-refractivity contribution in [3.05, 3.63) is 112 Å². The molecule has 6 heterocycles. The first kappa shape index (κ1) is 48.3. The summed E-state index contributed by atoms with van der Waals surface area (Å²) < 4.78 is 18.9. The fourth-order valence-corrected chi connectivity index (χ4v) is 17.6. The number of piperidine rings is 1. The van der Waals surface area contributed by atoms with E-state index in [0.29, 0.717) is 25.8 Å². The Kier molecular flexibility index (Phi) is 12.4. The molecule has 0 amide bonds. The Morgan fingerprint density at radius 2 is 1.71 bits per heavy atom. The lowest BCUT2D eigenvalue weighted by molar-refractivity contribution is -0.214. The maximum absolute atomic E-state index is 15.0. The molecule has 3 fully saturated rings. The van der Waals surface area contributed by atoms with E-state index in [1.165, 1.54) is 40.4 Å². The topological polar surface area (TPSA) is 128 Å². The maximum atomic E-state index is 15.0. The SMILES string of the molecule is CC[C@]1(O)CC2CN(CCc3c([nH]c4ccccc34)[C@@](C)(c3cc4c(cc3C)N(C)[C@H]3[C@@](O)(C(=O)OC)[C@H](O[Si](C)(C)CCCCC(=O)OCc5ccccc5)[C@]5(CC)C=CCN6CC[C@]43[C@@H]65)C2)C1. The zero-order valence-corrected chi connectivity index (χ0v) is 43.4. The molecule has 0 radical (unpaired) electrons. The van der Waals surface area contributed by atoms with Crippen molar-refractivity contribution in [3.8, 4) is 0 Å². The number of aromatic nitrogens is 1. The summed E-state index contributed by atoms with van der Waals surface area (Å²) in [5.74, 6) is -0.600. The summed E-state index contributed by atoms with van der Waals surface area (Å²) in [4.78, 5) is 39.1. The molecule has 1 spiro atoms. The second-order valence-corrected chi connectivity index (χ2v) is 27.1. The number of esters is 2. The zero-order valence-electron chi connectivity index (χ0n) is 42.4. The summed E-state index contributed by atoms with van der Waals surface area (Å²) in [7, 11) is 0.829. The number of aliphatic hydroxyl groups is 2. The maximum Gasteiger partial charge on any atom is 0.342 e. The monoisotopic (exact) mass is 957 g/mol. The van der Waals surface area contributed by atoms with E-state index in [4.69, 9.17) is 13.9 Å². The number of aryl methyl sites for hydroxylation is 1. The van der Waals surface area contributed by atoms with Crippen LogP contribution < -0.4 is 4.90 Å². The van der Waals surface area contributed by atoms with Crippen molar-refractivity contribution in [1.29, 1.82) is 0 Å². The lowest BCUT2D eigenvalue weighted by Gasteiger charge is -2.65. The number of carbonyl (C=O) groups is 2. The lowest BCUT2D eigenvalue weighted by Crippen LogP contribution is -2.82. The molecule has 2 unspecified atom stereocenters. The highest BCUT2D eigenvalue weighted by Crippen LogP contribution is 2.68. The number of rotatable bonds is 13. The smallest absolute Gasteiger partial charge is 0.342 e. The molecule has 5 aliphatic heterocycles. The number of aromatic amines is 1. The quantitative estimate of drug-likeness (QED) is 0.0519. The van der Waals surface area contributed by atoms with Gasteiger partial charge < -0.3 is 34.0 Å². The predicted molar refractivity (Wildman–Crippen MR) is 274 cm³/mol. The van der Waals surface area contributed by atoms with Crippen molar-refractivity contribution in [2.75, 3.05) is 51.8 Å². The second kappa shape index (κ2) is 17.8. The molecule has 4 aromatic rings. The number of hydrogen-bond acceptors (Lipinski definition) is 10. The van der Waals surface area contributed by atoms with Crippen molar-refractivity contribution < 1.29 is 33.7 Å². The number of nitrogens with zero attached hydrogens (tertiary/aromatic N) is 3. The summed E-state index contributed by atoms with van der Waals surface area (Å²) in [6, 6.07) is 23.3. The van der Waals surface area contributed by atoms with Gasteiger partial charge in [-0.05, 0) is 130 Å². The first-order valence-corrected chi connectivity index (χ1v) is 29.1. The van der Waals surface area contributed by atoms with Crippen LogP contribution in [0.15, 0.2) is 78.9 Å². The van der Waals surface area contributed by atoms with E-state index >= 15 is 0 Å². The predicted octanol–water partition coefficient (Wildman–Crippen LogP) is 8.71. The molecular weight excluding hydrogens is 881 g/mol. The van der Waals surface area contributed by atoms with Gasteiger partial charge in [0, 0.05) is 84.2 Å². The number of nitrogens with one attached hydrogen (secondary N) is 1. The highest BCUT2D eigenvalue weighted by atomic mass is 28.4. The average molecular weight is 957 g/mol. The van der Waals surface area contributed by atoms with Crippen LogP contribution in [0.4, 0.5) is 5.69 Å². The fourth-order valence-electron chi connectivity index (χ4n) is 15.3. The average Bonchev–Trinajstić information content (AvgIpc) is 4.00. The van der Waals surface area contributed by atoms with Gasteiger partial charge in [0.2, 0.25) is 5.60 Å². The van der Waals surface area contributed by atoms with Gasteiger partial charge in [0.25, 0.3) is 0 Å². The van der Waals surface area contributed by atoms with E-state index in [9.17, 15) is 19.8 Å². The Morgan fingerprint density at radius 1 is 0.942 bits per heavy atom. The Labute approximate surface area is 410 Å². The third-order valence-electron chi connectivity index (χ3n) is 18.3. The third kappa shape index (κ3) is 7.68. The molecule has 3 aromatic carbocycles. The molecule has 69 heavy (non-hydrogen) atoms. The minimum Gasteiger partial charge on any atom is -0.467 e. The number of benzene rings is 3. The first-order chi connectivity index (χ1) is 33.0. The molecule has 12 heteroatoms. The molecule has 6 aliphatic rings. The van der Waals surface area contributed by atoms with Crippen LogP contribution in [0, 0.1) is 18.3 Å². The normalized spacial score (nSPS) is 33.7. The number of hydrogen-bond donors (Lipinski definition) is 3. The van der Waals surface area contributed by atoms with E-state index < -0.39 is 53.9 Å². The van der Waals surface area contributed by atoms with E-state index in [2.05, 4.69) is 116 Å². The number of carbonyl (C=O) groups excluding carboxylic acids is 2. The largest absolute Gasteiger partial charge is 0.467 e. The summed E-state index contributed by atoms with van der Waals surface area (Å²) >= 11 is 0. The molecule has 2 saturated heterocycles. The zero-order chi connectivity index (χ0) is 48.7. The number of likely N-dealkylation sites (N-methyl/N-ethyl adjacent to an activating group) is 1. The van der Waals surface area contributed by atoms with Gasteiger partial charge in [-0.25, -0.2) is 4.79 Å². The molecule has 11 nitrogen and oxygen atoms in total. The van der Waals surface area contributed by atoms with Crippen molar-refractivity contribution in [3.63, 3.8) is 0 Å². The highest BCUT2D eigenvalue weighted by Gasteiger charge is 2.80. The number of para-hydroxylation sites is 1. The minimum atomic E-state index is -2.64. The Bertz CT molecular complexity index is 2630. The molecule has 1 aliphatic carbocycles. The minimum absolute atomic E-state index is 0.0631. The van der Waals surface area contributed by atoms with Gasteiger partial charge in [0.15, 0.2) is 8.32 Å². The molecule has 3 N–H and O–H groups in total. The number of H-pyrrole nitrogens is 1. The molecular formula is C57H76N4O7Si. The summed E-state index contributed by atoms with van der Waals surface area (Å²) in [5, 5.41) is 27.3. The standard InChI is InChI=1S/C57H76N4O7Si/c1-9-54(64)34-40-33-53(4,48-42(24-28-60(35-40)37-54)41-21-14-15-22-45(41)58-48)43-32-44-46(31-38(43)3)59(5)50-56(44)26-29-61-27-18-25-55(10-2,49(56)61)51(57(50,65)52(63)66-6)68-69(7,8)30-17-16-23-47(62)67-36-39-19-12-11-13-20-39/h11-15,18-22,25,31-32,40,49-51,58,64-65H,9-10,16-17,23-24,26-30,33-37H2,1-8H3/t40?,49-,50+,51+,53+,54-,55+,56+,57-/m0/s1. The van der Waals surface area contributed by atoms with Gasteiger partial charge in [-0.1, -0.05) is 87.0 Å². The number of methoxy groups -OCH3 is 1. The summed E-state index contributed by atoms with van der Waals surface area (Å²) in [5.41, 5.74) is 4.83. The van der Waals surface area contributed by atoms with Gasteiger partial charge in [0.05, 0.1) is 24.9 Å². The lowest BCUT2D eigenvalue weighted by atomic mass is 9.47. The molecule has 10 atom stereocenters. The van der Waals surface area contributed by atoms with Crippen LogP contribution in [0.2, 0.25) is 19.1 Å². The van der Waals surface area contributed by atoms with E-state index in [1.54, 1.807) is 0 Å². The van der Waals surface area contributed by atoms with Crippen LogP contribution in [-0.2, 0) is 47.3 Å². The van der Waals surface area contributed by atoms with Crippen LogP contribution in [0.3, 0.4) is 0 Å². The number of ether oxygens (including phenoxy) is 2. The third-order valence-corrected chi connectivity index (χ3v) is 20.7. The van der Waals surface area contributed by atoms with Crippen LogP contribution >= 0.6 is 0 Å². The molecule has 2 bridgehead atoms. The Hall–Kier alpha value is -4.30. The highest BCUT2D eigenvalue weighted by molar-refractivity contribution is 6.71. The number of anilines is 1. The first-order valence-electron chi connectivity index (χ1n) is 26.0. The van der Waals surface area contributed by atoms with E-state index in [1.807, 2.05) is 30.3 Å².